The Morgan fingerprint density at radius 2 is 1.80 bits per heavy atom. The number of pyridine rings is 1. The van der Waals surface area contributed by atoms with Crippen LogP contribution in [0.2, 0.25) is 0 Å². The molecule has 35 heavy (non-hydrogen) atoms. The summed E-state index contributed by atoms with van der Waals surface area (Å²) in [7, 11) is 1.41. The van der Waals surface area contributed by atoms with Gasteiger partial charge in [-0.2, -0.15) is 13.2 Å². The molecule has 2 heterocycles. The Labute approximate surface area is 199 Å². The number of hydrogen-bond donors (Lipinski definition) is 1. The maximum absolute atomic E-state index is 13.0. The van der Waals surface area contributed by atoms with Gasteiger partial charge in [-0.3, -0.25) is 0 Å². The standard InChI is InChI=1S/C24H28F5N5O/c1-12-6-18(21-32-33-22(35-21)30-14-7-13(8-14)20(25)26)31-19-16(12)9-15(10-17(19)23(2,3)4)34(5)11-24(27,28)29/h6,9-10,13-14,20H,7-8,11H2,1-5H3,(H,30,33). The van der Waals surface area contributed by atoms with Gasteiger partial charge in [0.25, 0.3) is 5.89 Å². The number of rotatable bonds is 6. The van der Waals surface area contributed by atoms with E-state index in [0.29, 0.717) is 29.7 Å². The lowest BCUT2D eigenvalue weighted by molar-refractivity contribution is -0.119. The first-order valence-electron chi connectivity index (χ1n) is 11.3. The molecule has 3 aromatic rings. The Morgan fingerprint density at radius 1 is 1.11 bits per heavy atom. The first kappa shape index (κ1) is 25.1. The van der Waals surface area contributed by atoms with E-state index >= 15 is 0 Å². The Kier molecular flexibility index (Phi) is 6.39. The number of benzene rings is 1. The SMILES string of the molecule is Cc1cc(-c2nnc(NC3CC(C(F)F)C3)o2)nc2c(C(C)(C)C)cc(N(C)CC(F)(F)F)cc12. The van der Waals surface area contributed by atoms with Gasteiger partial charge in [-0.1, -0.05) is 25.9 Å². The topological polar surface area (TPSA) is 67.1 Å². The second kappa shape index (κ2) is 8.91. The average molecular weight is 498 g/mol. The third-order valence-corrected chi connectivity index (χ3v) is 6.27. The van der Waals surface area contributed by atoms with Crippen LogP contribution in [0.25, 0.3) is 22.5 Å². The molecule has 0 unspecified atom stereocenters. The van der Waals surface area contributed by atoms with Gasteiger partial charge in [0, 0.05) is 30.1 Å². The number of aromatic nitrogens is 3. The zero-order valence-electron chi connectivity index (χ0n) is 20.2. The van der Waals surface area contributed by atoms with Crippen LogP contribution in [0.4, 0.5) is 33.7 Å². The molecule has 2 aromatic heterocycles. The molecule has 0 amide bonds. The van der Waals surface area contributed by atoms with E-state index in [1.54, 1.807) is 18.2 Å². The number of aryl methyl sites for hydroxylation is 1. The lowest BCUT2D eigenvalue weighted by Gasteiger charge is -2.34. The van der Waals surface area contributed by atoms with Crippen molar-refractivity contribution in [3.8, 4) is 11.6 Å². The molecule has 190 valence electrons. The van der Waals surface area contributed by atoms with Gasteiger partial charge in [-0.25, -0.2) is 13.8 Å². The van der Waals surface area contributed by atoms with Crippen molar-refractivity contribution in [2.24, 2.45) is 5.92 Å². The molecule has 4 rings (SSSR count). The van der Waals surface area contributed by atoms with E-state index in [1.165, 1.54) is 11.9 Å². The van der Waals surface area contributed by atoms with Crippen LogP contribution in [0, 0.1) is 12.8 Å². The van der Waals surface area contributed by atoms with Crippen molar-refractivity contribution in [3.63, 3.8) is 0 Å². The fourth-order valence-electron chi connectivity index (χ4n) is 4.28. The van der Waals surface area contributed by atoms with Crippen LogP contribution >= 0.6 is 0 Å². The summed E-state index contributed by atoms with van der Waals surface area (Å²) in [6.07, 6.45) is -5.99. The van der Waals surface area contributed by atoms with Gasteiger partial charge in [-0.05, 0) is 54.5 Å². The first-order valence-corrected chi connectivity index (χ1v) is 11.3. The summed E-state index contributed by atoms with van der Waals surface area (Å²) < 4.78 is 70.1. The van der Waals surface area contributed by atoms with Crippen molar-refractivity contribution in [2.75, 3.05) is 23.8 Å². The molecular formula is C24H28F5N5O. The highest BCUT2D eigenvalue weighted by Gasteiger charge is 2.36. The van der Waals surface area contributed by atoms with Crippen LogP contribution in [-0.2, 0) is 5.41 Å². The molecule has 1 aromatic carbocycles. The number of fused-ring (bicyclic) bond motifs is 1. The van der Waals surface area contributed by atoms with Crippen LogP contribution in [0.1, 0.15) is 44.7 Å². The molecule has 0 atom stereocenters. The summed E-state index contributed by atoms with van der Waals surface area (Å²) >= 11 is 0. The molecule has 0 radical (unpaired) electrons. The van der Waals surface area contributed by atoms with Gasteiger partial charge in [0.1, 0.15) is 12.2 Å². The fourth-order valence-corrected chi connectivity index (χ4v) is 4.28. The molecule has 0 saturated heterocycles. The molecule has 1 fully saturated rings. The third-order valence-electron chi connectivity index (χ3n) is 6.27. The molecule has 11 heteroatoms. The van der Waals surface area contributed by atoms with Crippen molar-refractivity contribution >= 4 is 22.6 Å². The van der Waals surface area contributed by atoms with E-state index in [2.05, 4.69) is 15.5 Å². The van der Waals surface area contributed by atoms with Crippen molar-refractivity contribution in [3.05, 3.63) is 29.3 Å². The Balaban J connectivity index is 1.68. The van der Waals surface area contributed by atoms with Crippen LogP contribution < -0.4 is 10.2 Å². The van der Waals surface area contributed by atoms with Gasteiger partial charge in [0.2, 0.25) is 6.43 Å². The highest BCUT2D eigenvalue weighted by molar-refractivity contribution is 5.91. The normalized spacial score (nSPS) is 18.7. The number of anilines is 2. The monoisotopic (exact) mass is 497 g/mol. The number of alkyl halides is 5. The van der Waals surface area contributed by atoms with Crippen LogP contribution in [0.5, 0.6) is 0 Å². The number of halogens is 5. The van der Waals surface area contributed by atoms with Crippen LogP contribution in [0.15, 0.2) is 22.6 Å². The summed E-state index contributed by atoms with van der Waals surface area (Å²) in [5.41, 5.74) is 2.70. The third kappa shape index (κ3) is 5.48. The van der Waals surface area contributed by atoms with Crippen molar-refractivity contribution in [1.82, 2.24) is 15.2 Å². The maximum atomic E-state index is 13.0. The highest BCUT2D eigenvalue weighted by Crippen LogP contribution is 2.37. The zero-order valence-corrected chi connectivity index (χ0v) is 20.2. The highest BCUT2D eigenvalue weighted by atomic mass is 19.4. The maximum Gasteiger partial charge on any atom is 0.405 e. The van der Waals surface area contributed by atoms with E-state index in [-0.39, 0.29) is 17.9 Å². The van der Waals surface area contributed by atoms with Gasteiger partial charge < -0.3 is 14.6 Å². The summed E-state index contributed by atoms with van der Waals surface area (Å²) in [5, 5.41) is 11.7. The minimum absolute atomic E-state index is 0.137. The van der Waals surface area contributed by atoms with Gasteiger partial charge in [0.05, 0.1) is 5.52 Å². The zero-order chi connectivity index (χ0) is 25.7. The Hall–Kier alpha value is -2.98. The summed E-state index contributed by atoms with van der Waals surface area (Å²) in [5.74, 6) is -0.448. The van der Waals surface area contributed by atoms with E-state index in [9.17, 15) is 22.0 Å². The Bertz CT molecular complexity index is 1210. The molecule has 1 N–H and O–H groups in total. The van der Waals surface area contributed by atoms with Crippen molar-refractivity contribution in [2.45, 2.75) is 64.6 Å². The van der Waals surface area contributed by atoms with Crippen LogP contribution in [-0.4, -0.2) is 47.4 Å². The predicted octanol–water partition coefficient (Wildman–Crippen LogP) is 6.34. The minimum Gasteiger partial charge on any atom is -0.402 e. The average Bonchev–Trinajstić information content (AvgIpc) is 3.16. The molecular weight excluding hydrogens is 469 g/mol. The summed E-state index contributed by atoms with van der Waals surface area (Å²) in [6.45, 7) is 6.70. The lowest BCUT2D eigenvalue weighted by Crippen LogP contribution is -2.39. The molecule has 1 aliphatic rings. The van der Waals surface area contributed by atoms with E-state index < -0.39 is 30.5 Å². The van der Waals surface area contributed by atoms with Crippen LogP contribution in [0.3, 0.4) is 0 Å². The van der Waals surface area contributed by atoms with Gasteiger partial charge >= 0.3 is 12.2 Å². The summed E-state index contributed by atoms with van der Waals surface area (Å²) in [6, 6.07) is 5.18. The van der Waals surface area contributed by atoms with Gasteiger partial charge in [0.15, 0.2) is 0 Å². The summed E-state index contributed by atoms with van der Waals surface area (Å²) in [4.78, 5) is 5.92. The molecule has 1 aliphatic carbocycles. The van der Waals surface area contributed by atoms with E-state index in [0.717, 1.165) is 16.5 Å². The largest absolute Gasteiger partial charge is 0.405 e. The minimum atomic E-state index is -4.33. The second-order valence-electron chi connectivity index (χ2n) is 10.3. The van der Waals surface area contributed by atoms with E-state index in [1.807, 2.05) is 27.7 Å². The van der Waals surface area contributed by atoms with Crippen molar-refractivity contribution in [1.29, 1.82) is 0 Å². The number of nitrogens with zero attached hydrogens (tertiary/aromatic N) is 4. The first-order chi connectivity index (χ1) is 16.2. The Morgan fingerprint density at radius 3 is 2.40 bits per heavy atom. The second-order valence-corrected chi connectivity index (χ2v) is 10.3. The molecule has 0 bridgehead atoms. The number of hydrogen-bond acceptors (Lipinski definition) is 6. The van der Waals surface area contributed by atoms with E-state index in [4.69, 9.17) is 9.40 Å². The van der Waals surface area contributed by atoms with Gasteiger partial charge in [-0.15, -0.1) is 5.10 Å². The van der Waals surface area contributed by atoms with Crippen molar-refractivity contribution < 1.29 is 26.4 Å². The molecule has 0 aliphatic heterocycles. The number of nitrogens with one attached hydrogen (secondary N) is 1. The quantitative estimate of drug-likeness (QED) is 0.401. The lowest BCUT2D eigenvalue weighted by atomic mass is 9.81. The fraction of sp³-hybridized carbons (Fsp3) is 0.542. The molecule has 1 saturated carbocycles. The smallest absolute Gasteiger partial charge is 0.402 e. The molecule has 0 spiro atoms. The predicted molar refractivity (Wildman–Crippen MR) is 124 cm³/mol. The molecule has 6 nitrogen and oxygen atoms in total.